The molecule has 0 aliphatic carbocycles. The van der Waals surface area contributed by atoms with E-state index in [4.69, 9.17) is 0 Å². The zero-order valence-corrected chi connectivity index (χ0v) is 17.4. The van der Waals surface area contributed by atoms with E-state index in [-0.39, 0.29) is 17.6 Å². The average Bonchev–Trinajstić information content (AvgIpc) is 2.68. The van der Waals surface area contributed by atoms with Crippen molar-refractivity contribution < 1.29 is 9.18 Å². The molecule has 1 unspecified atom stereocenters. The van der Waals surface area contributed by atoms with Crippen molar-refractivity contribution in [3.63, 3.8) is 0 Å². The van der Waals surface area contributed by atoms with Gasteiger partial charge in [-0.2, -0.15) is 0 Å². The molecule has 0 aromatic heterocycles. The number of benzene rings is 2. The summed E-state index contributed by atoms with van der Waals surface area (Å²) in [6.45, 7) is 1.29. The molecule has 3 rings (SSSR count). The van der Waals surface area contributed by atoms with E-state index < -0.39 is 0 Å². The molecule has 0 radical (unpaired) electrons. The third-order valence-corrected chi connectivity index (χ3v) is 5.27. The molecule has 1 atom stereocenters. The Morgan fingerprint density at radius 3 is 2.89 bits per heavy atom. The number of aryl methyl sites for hydroxylation is 1. The molecule has 28 heavy (non-hydrogen) atoms. The third-order valence-electron chi connectivity index (χ3n) is 4.78. The van der Waals surface area contributed by atoms with Crippen molar-refractivity contribution in [3.05, 3.63) is 63.9 Å². The Balaban J connectivity index is 1.47. The minimum atomic E-state index is -0.189. The fourth-order valence-corrected chi connectivity index (χ4v) is 3.67. The highest BCUT2D eigenvalue weighted by molar-refractivity contribution is 9.10. The fraction of sp³-hybridized carbons (Fsp3) is 0.333. The second-order valence-electron chi connectivity index (χ2n) is 6.76. The topological polar surface area (TPSA) is 65.5 Å². The first-order valence-electron chi connectivity index (χ1n) is 9.34. The summed E-state index contributed by atoms with van der Waals surface area (Å²) in [5.41, 5.74) is 2.72. The number of fused-ring (bicyclic) bond motifs is 1. The number of carbonyl (C=O) groups is 1. The zero-order valence-electron chi connectivity index (χ0n) is 15.8. The summed E-state index contributed by atoms with van der Waals surface area (Å²) < 4.78 is 14.6. The van der Waals surface area contributed by atoms with Crippen LogP contribution < -0.4 is 16.0 Å². The van der Waals surface area contributed by atoms with Crippen molar-refractivity contribution in [2.45, 2.75) is 25.2 Å². The quantitative estimate of drug-likeness (QED) is 0.359. The number of hydrogen-bond donors (Lipinski definition) is 3. The van der Waals surface area contributed by atoms with Gasteiger partial charge in [0.2, 0.25) is 5.91 Å². The summed E-state index contributed by atoms with van der Waals surface area (Å²) >= 11 is 3.27. The lowest BCUT2D eigenvalue weighted by atomic mass is 9.90. The minimum Gasteiger partial charge on any atom is -0.356 e. The van der Waals surface area contributed by atoms with Gasteiger partial charge in [-0.25, -0.2) is 4.39 Å². The second-order valence-corrected chi connectivity index (χ2v) is 7.67. The highest BCUT2D eigenvalue weighted by Gasteiger charge is 2.24. The number of anilines is 1. The van der Waals surface area contributed by atoms with E-state index in [2.05, 4.69) is 36.9 Å². The monoisotopic (exact) mass is 446 g/mol. The van der Waals surface area contributed by atoms with Gasteiger partial charge in [-0.15, -0.1) is 0 Å². The van der Waals surface area contributed by atoms with Crippen LogP contribution in [0.25, 0.3) is 0 Å². The fourth-order valence-electron chi connectivity index (χ4n) is 3.33. The minimum absolute atomic E-state index is 0.0324. The molecule has 2 aromatic carbocycles. The van der Waals surface area contributed by atoms with Crippen molar-refractivity contribution in [1.29, 1.82) is 0 Å². The number of hydrogen-bond acceptors (Lipinski definition) is 2. The van der Waals surface area contributed by atoms with E-state index in [1.807, 2.05) is 30.3 Å². The number of para-hydroxylation sites is 1. The number of amides is 1. The lowest BCUT2D eigenvalue weighted by Gasteiger charge is -2.26. The van der Waals surface area contributed by atoms with E-state index in [1.54, 1.807) is 13.1 Å². The first kappa shape index (κ1) is 20.3. The summed E-state index contributed by atoms with van der Waals surface area (Å²) in [5.74, 6) is 0.621. The van der Waals surface area contributed by atoms with Crippen LogP contribution in [0.3, 0.4) is 0 Å². The molecule has 1 aliphatic heterocycles. The van der Waals surface area contributed by atoms with Crippen LogP contribution in [0, 0.1) is 5.82 Å². The molecule has 1 amide bonds. The Labute approximate surface area is 173 Å². The number of guanidine groups is 1. The zero-order chi connectivity index (χ0) is 19.9. The Hall–Kier alpha value is -2.41. The van der Waals surface area contributed by atoms with Crippen molar-refractivity contribution in [1.82, 2.24) is 10.6 Å². The van der Waals surface area contributed by atoms with Crippen LogP contribution in [-0.2, 0) is 11.2 Å². The lowest BCUT2D eigenvalue weighted by molar-refractivity contribution is -0.116. The van der Waals surface area contributed by atoms with Crippen molar-refractivity contribution in [2.24, 2.45) is 4.99 Å². The molecular formula is C21H24BrFN4O. The van der Waals surface area contributed by atoms with Gasteiger partial charge in [0.1, 0.15) is 5.82 Å². The van der Waals surface area contributed by atoms with Crippen LogP contribution in [0.1, 0.15) is 29.9 Å². The van der Waals surface area contributed by atoms with Gasteiger partial charge in [0, 0.05) is 42.6 Å². The van der Waals surface area contributed by atoms with Crippen LogP contribution in [0.2, 0.25) is 0 Å². The van der Waals surface area contributed by atoms with Gasteiger partial charge in [-0.05, 0) is 42.2 Å². The summed E-state index contributed by atoms with van der Waals surface area (Å²) in [5, 5.41) is 9.46. The first-order chi connectivity index (χ1) is 13.6. The van der Waals surface area contributed by atoms with E-state index in [0.29, 0.717) is 37.5 Å². The molecule has 2 aromatic rings. The Kier molecular flexibility index (Phi) is 7.03. The van der Waals surface area contributed by atoms with Crippen molar-refractivity contribution in [2.75, 3.05) is 25.5 Å². The molecule has 1 aliphatic rings. The summed E-state index contributed by atoms with van der Waals surface area (Å²) in [6, 6.07) is 13.0. The van der Waals surface area contributed by atoms with Gasteiger partial charge in [-0.3, -0.25) is 9.79 Å². The number of nitrogens with one attached hydrogen (secondary N) is 3. The van der Waals surface area contributed by atoms with Crippen molar-refractivity contribution >= 4 is 33.5 Å². The SMILES string of the molecule is CN=C(NCCCc1ccc(Br)cc1F)NCC1CC(=O)Nc2ccccc21. The van der Waals surface area contributed by atoms with Gasteiger partial charge in [0.05, 0.1) is 0 Å². The number of carbonyl (C=O) groups excluding carboxylic acids is 1. The Bertz CT molecular complexity index is 871. The molecule has 0 bridgehead atoms. The summed E-state index contributed by atoms with van der Waals surface area (Å²) in [4.78, 5) is 16.2. The molecule has 7 heteroatoms. The third kappa shape index (κ3) is 5.32. The maximum absolute atomic E-state index is 13.9. The number of rotatable bonds is 6. The van der Waals surface area contributed by atoms with Crippen molar-refractivity contribution in [3.8, 4) is 0 Å². The highest BCUT2D eigenvalue weighted by Crippen LogP contribution is 2.31. The molecule has 5 nitrogen and oxygen atoms in total. The highest BCUT2D eigenvalue weighted by atomic mass is 79.9. The standard InChI is InChI=1S/C21H24BrFN4O/c1-24-21(25-10-4-5-14-8-9-16(22)12-18(14)23)26-13-15-11-20(28)27-19-7-3-2-6-17(15)19/h2-3,6-9,12,15H,4-5,10-11,13H2,1H3,(H,27,28)(H2,24,25,26). The molecule has 0 saturated carbocycles. The maximum atomic E-state index is 13.9. The Morgan fingerprint density at radius 1 is 1.29 bits per heavy atom. The van der Waals surface area contributed by atoms with E-state index in [0.717, 1.165) is 22.1 Å². The first-order valence-corrected chi connectivity index (χ1v) is 10.1. The van der Waals surface area contributed by atoms with Crippen LogP contribution >= 0.6 is 15.9 Å². The predicted molar refractivity (Wildman–Crippen MR) is 114 cm³/mol. The van der Waals surface area contributed by atoms with Gasteiger partial charge in [-0.1, -0.05) is 40.2 Å². The van der Waals surface area contributed by atoms with E-state index in [1.165, 1.54) is 6.07 Å². The molecule has 148 valence electrons. The van der Waals surface area contributed by atoms with Gasteiger partial charge >= 0.3 is 0 Å². The second kappa shape index (κ2) is 9.68. The maximum Gasteiger partial charge on any atom is 0.225 e. The average molecular weight is 447 g/mol. The largest absolute Gasteiger partial charge is 0.356 e. The van der Waals surface area contributed by atoms with Crippen LogP contribution in [-0.4, -0.2) is 32.0 Å². The normalized spacial score (nSPS) is 16.3. The number of aliphatic imine (C=N–C) groups is 1. The van der Waals surface area contributed by atoms with Crippen LogP contribution in [0.15, 0.2) is 51.9 Å². The molecule has 0 saturated heterocycles. The van der Waals surface area contributed by atoms with Crippen LogP contribution in [0.5, 0.6) is 0 Å². The molecule has 0 spiro atoms. The Morgan fingerprint density at radius 2 is 2.11 bits per heavy atom. The van der Waals surface area contributed by atoms with Crippen LogP contribution in [0.4, 0.5) is 10.1 Å². The summed E-state index contributed by atoms with van der Waals surface area (Å²) in [6.07, 6.45) is 1.89. The number of nitrogens with zero attached hydrogens (tertiary/aromatic N) is 1. The van der Waals surface area contributed by atoms with Gasteiger partial charge < -0.3 is 16.0 Å². The lowest BCUT2D eigenvalue weighted by Crippen LogP contribution is -2.41. The molecular weight excluding hydrogens is 423 g/mol. The number of halogens is 2. The predicted octanol–water partition coefficient (Wildman–Crippen LogP) is 3.81. The molecule has 1 heterocycles. The molecule has 3 N–H and O–H groups in total. The molecule has 0 fully saturated rings. The van der Waals surface area contributed by atoms with Gasteiger partial charge in [0.25, 0.3) is 0 Å². The van der Waals surface area contributed by atoms with Gasteiger partial charge in [0.15, 0.2) is 5.96 Å². The smallest absolute Gasteiger partial charge is 0.225 e. The summed E-state index contributed by atoms with van der Waals surface area (Å²) in [7, 11) is 1.71. The van der Waals surface area contributed by atoms with E-state index >= 15 is 0 Å². The van der Waals surface area contributed by atoms with E-state index in [9.17, 15) is 9.18 Å².